The number of nitro benzene ring substituents is 1. The third-order valence-electron chi connectivity index (χ3n) is 5.85. The van der Waals surface area contributed by atoms with Crippen LogP contribution in [0.15, 0.2) is 29.3 Å². The number of nitrogens with one attached hydrogen (secondary N) is 2. The molecule has 0 aliphatic carbocycles. The first kappa shape index (κ1) is 27.7. The molecule has 2 heterocycles. The lowest BCUT2D eigenvalue weighted by Gasteiger charge is -2.32. The smallest absolute Gasteiger partial charge is 0.269 e. The molecular formula is C22H37IN6O4. The summed E-state index contributed by atoms with van der Waals surface area (Å²) in [5.74, 6) is 0.769. The van der Waals surface area contributed by atoms with E-state index in [1.165, 1.54) is 12.1 Å². The van der Waals surface area contributed by atoms with Crippen LogP contribution < -0.4 is 10.6 Å². The third kappa shape index (κ3) is 10.1. The first-order valence-corrected chi connectivity index (χ1v) is 11.5. The van der Waals surface area contributed by atoms with Gasteiger partial charge in [-0.25, -0.2) is 4.99 Å². The van der Waals surface area contributed by atoms with Gasteiger partial charge in [0.2, 0.25) is 0 Å². The van der Waals surface area contributed by atoms with Crippen molar-refractivity contribution >= 4 is 35.6 Å². The molecule has 11 heteroatoms. The molecule has 1 aromatic carbocycles. The lowest BCUT2D eigenvalue weighted by Crippen LogP contribution is -2.49. The number of hydrogen-bond donors (Lipinski definition) is 2. The monoisotopic (exact) mass is 576 g/mol. The minimum absolute atomic E-state index is 0. The van der Waals surface area contributed by atoms with Crippen molar-refractivity contribution in [3.05, 3.63) is 39.9 Å². The van der Waals surface area contributed by atoms with E-state index in [4.69, 9.17) is 14.5 Å². The van der Waals surface area contributed by atoms with Gasteiger partial charge in [-0.1, -0.05) is 12.1 Å². The van der Waals surface area contributed by atoms with Crippen LogP contribution >= 0.6 is 24.0 Å². The maximum Gasteiger partial charge on any atom is 0.269 e. The first-order chi connectivity index (χ1) is 15.6. The molecule has 33 heavy (non-hydrogen) atoms. The number of benzene rings is 1. The highest BCUT2D eigenvalue weighted by molar-refractivity contribution is 14.0. The molecule has 2 aliphatic heterocycles. The van der Waals surface area contributed by atoms with Crippen LogP contribution in [0.1, 0.15) is 18.9 Å². The Bertz CT molecular complexity index is 724. The van der Waals surface area contributed by atoms with Gasteiger partial charge in [-0.15, -0.1) is 24.0 Å². The van der Waals surface area contributed by atoms with Gasteiger partial charge in [0.1, 0.15) is 0 Å². The average Bonchev–Trinajstić information content (AvgIpc) is 2.84. The number of aliphatic imine (C=N–C) groups is 1. The minimum atomic E-state index is -0.386. The highest BCUT2D eigenvalue weighted by Crippen LogP contribution is 2.12. The van der Waals surface area contributed by atoms with Crippen LogP contribution in [0.4, 0.5) is 5.69 Å². The van der Waals surface area contributed by atoms with Crippen molar-refractivity contribution in [1.82, 2.24) is 20.4 Å². The van der Waals surface area contributed by atoms with Crippen molar-refractivity contribution < 1.29 is 14.4 Å². The Morgan fingerprint density at radius 2 is 1.73 bits per heavy atom. The molecule has 10 nitrogen and oxygen atoms in total. The largest absolute Gasteiger partial charge is 0.379 e. The van der Waals surface area contributed by atoms with Crippen LogP contribution in [-0.4, -0.2) is 99.0 Å². The van der Waals surface area contributed by atoms with E-state index in [0.29, 0.717) is 12.6 Å². The fourth-order valence-electron chi connectivity index (χ4n) is 3.79. The molecule has 0 bridgehead atoms. The molecule has 1 aromatic rings. The van der Waals surface area contributed by atoms with Gasteiger partial charge in [0, 0.05) is 57.4 Å². The van der Waals surface area contributed by atoms with Crippen molar-refractivity contribution in [2.24, 2.45) is 4.99 Å². The molecular weight excluding hydrogens is 539 g/mol. The van der Waals surface area contributed by atoms with Gasteiger partial charge in [0.05, 0.1) is 37.9 Å². The Kier molecular flexibility index (Phi) is 12.9. The number of guanidine groups is 1. The zero-order chi connectivity index (χ0) is 22.6. The normalized spacial score (nSPS) is 18.9. The summed E-state index contributed by atoms with van der Waals surface area (Å²) in [6, 6.07) is 6.93. The summed E-state index contributed by atoms with van der Waals surface area (Å²) in [6.07, 6.45) is 1.03. The van der Waals surface area contributed by atoms with Crippen molar-refractivity contribution in [3.63, 3.8) is 0 Å². The maximum atomic E-state index is 10.9. The summed E-state index contributed by atoms with van der Waals surface area (Å²) in [5.41, 5.74) is 1.03. The van der Waals surface area contributed by atoms with Crippen LogP contribution in [0.3, 0.4) is 0 Å². The zero-order valence-corrected chi connectivity index (χ0v) is 21.7. The molecule has 0 saturated carbocycles. The molecule has 0 spiro atoms. The zero-order valence-electron chi connectivity index (χ0n) is 19.4. The molecule has 2 saturated heterocycles. The number of nitrogens with zero attached hydrogens (tertiary/aromatic N) is 4. The Morgan fingerprint density at radius 1 is 1.09 bits per heavy atom. The van der Waals surface area contributed by atoms with Crippen LogP contribution in [0.5, 0.6) is 0 Å². The average molecular weight is 576 g/mol. The topological polar surface area (TPSA) is 104 Å². The summed E-state index contributed by atoms with van der Waals surface area (Å²) in [7, 11) is 0. The Labute approximate surface area is 213 Å². The van der Waals surface area contributed by atoms with Crippen molar-refractivity contribution in [2.45, 2.75) is 25.9 Å². The van der Waals surface area contributed by atoms with Crippen LogP contribution in [-0.2, 0) is 16.0 Å². The van der Waals surface area contributed by atoms with Gasteiger partial charge in [0.15, 0.2) is 5.96 Å². The second-order valence-electron chi connectivity index (χ2n) is 8.20. The van der Waals surface area contributed by atoms with E-state index in [1.54, 1.807) is 12.1 Å². The predicted molar refractivity (Wildman–Crippen MR) is 139 cm³/mol. The van der Waals surface area contributed by atoms with Gasteiger partial charge in [-0.05, 0) is 25.5 Å². The molecule has 2 aliphatic rings. The Morgan fingerprint density at radius 3 is 2.36 bits per heavy atom. The van der Waals surface area contributed by atoms with Gasteiger partial charge in [0.25, 0.3) is 5.69 Å². The molecule has 1 unspecified atom stereocenters. The number of non-ortho nitro benzene ring substituents is 1. The van der Waals surface area contributed by atoms with E-state index < -0.39 is 0 Å². The number of nitro groups is 1. The fourth-order valence-corrected chi connectivity index (χ4v) is 3.79. The Hall–Kier alpha value is -1.54. The summed E-state index contributed by atoms with van der Waals surface area (Å²) in [5, 5.41) is 17.8. The number of ether oxygens (including phenoxy) is 2. The number of rotatable bonds is 10. The number of morpholine rings is 2. The van der Waals surface area contributed by atoms with E-state index in [-0.39, 0.29) is 34.6 Å². The lowest BCUT2D eigenvalue weighted by atomic mass is 10.2. The molecule has 1 atom stereocenters. The quantitative estimate of drug-likeness (QED) is 0.108. The lowest BCUT2D eigenvalue weighted by molar-refractivity contribution is -0.384. The number of halogens is 1. The standard InChI is InChI=1S/C22H36N6O4.HI/c1-19(27-11-15-32-16-12-27)17-24-22(23-7-2-8-26-9-13-31-14-10-26)25-18-20-3-5-21(6-4-20)28(29)30;/h3-6,19H,2,7-18H2,1H3,(H2,23,24,25);1H. The predicted octanol–water partition coefficient (Wildman–Crippen LogP) is 1.69. The maximum absolute atomic E-state index is 10.9. The molecule has 0 amide bonds. The van der Waals surface area contributed by atoms with Gasteiger partial charge in [-0.3, -0.25) is 19.9 Å². The van der Waals surface area contributed by atoms with Gasteiger partial charge < -0.3 is 20.1 Å². The van der Waals surface area contributed by atoms with E-state index in [2.05, 4.69) is 27.4 Å². The minimum Gasteiger partial charge on any atom is -0.379 e. The molecule has 0 aromatic heterocycles. The highest BCUT2D eigenvalue weighted by atomic mass is 127. The second-order valence-corrected chi connectivity index (χ2v) is 8.20. The highest BCUT2D eigenvalue weighted by Gasteiger charge is 2.17. The van der Waals surface area contributed by atoms with E-state index in [9.17, 15) is 10.1 Å². The first-order valence-electron chi connectivity index (χ1n) is 11.5. The molecule has 186 valence electrons. The van der Waals surface area contributed by atoms with Crippen LogP contribution in [0.25, 0.3) is 0 Å². The summed E-state index contributed by atoms with van der Waals surface area (Å²) in [6.45, 7) is 12.4. The third-order valence-corrected chi connectivity index (χ3v) is 5.85. The molecule has 3 rings (SSSR count). The van der Waals surface area contributed by atoms with Gasteiger partial charge in [-0.2, -0.15) is 0 Å². The molecule has 2 N–H and O–H groups in total. The van der Waals surface area contributed by atoms with E-state index in [1.807, 2.05) is 0 Å². The van der Waals surface area contributed by atoms with Crippen molar-refractivity contribution in [1.29, 1.82) is 0 Å². The summed E-state index contributed by atoms with van der Waals surface area (Å²) in [4.78, 5) is 20.0. The SMILES string of the molecule is CC(CNC(=NCc1ccc([N+](=O)[O-])cc1)NCCCN1CCOCC1)N1CCOCC1.I. The van der Waals surface area contributed by atoms with Crippen LogP contribution in [0.2, 0.25) is 0 Å². The van der Waals surface area contributed by atoms with E-state index in [0.717, 1.165) is 90.2 Å². The van der Waals surface area contributed by atoms with Gasteiger partial charge >= 0.3 is 0 Å². The van der Waals surface area contributed by atoms with Crippen LogP contribution in [0, 0.1) is 10.1 Å². The number of hydrogen-bond acceptors (Lipinski definition) is 7. The van der Waals surface area contributed by atoms with E-state index >= 15 is 0 Å². The molecule has 2 fully saturated rings. The van der Waals surface area contributed by atoms with Crippen molar-refractivity contribution in [3.8, 4) is 0 Å². The summed E-state index contributed by atoms with van der Waals surface area (Å²) >= 11 is 0. The Balaban J connectivity index is 0.00000385. The molecule has 0 radical (unpaired) electrons. The van der Waals surface area contributed by atoms with Crippen molar-refractivity contribution in [2.75, 3.05) is 72.2 Å². The second kappa shape index (κ2) is 15.4. The fraction of sp³-hybridized carbons (Fsp3) is 0.682. The summed E-state index contributed by atoms with van der Waals surface area (Å²) < 4.78 is 10.9.